The Labute approximate surface area is 129 Å². The number of alkyl halides is 3. The Hall–Kier alpha value is -2.77. The van der Waals surface area contributed by atoms with Crippen LogP contribution < -0.4 is 9.47 Å². The first kappa shape index (κ1) is 16.6. The molecule has 0 aliphatic heterocycles. The Morgan fingerprint density at radius 3 is 2.35 bits per heavy atom. The summed E-state index contributed by atoms with van der Waals surface area (Å²) >= 11 is 0. The number of carbonyl (C=O) groups is 1. The Bertz CT molecular complexity index is 691. The van der Waals surface area contributed by atoms with Gasteiger partial charge in [-0.05, 0) is 18.2 Å². The molecule has 23 heavy (non-hydrogen) atoms. The number of aliphatic carboxylic acids is 1. The van der Waals surface area contributed by atoms with Crippen molar-refractivity contribution in [3.63, 3.8) is 0 Å². The van der Waals surface area contributed by atoms with E-state index in [0.29, 0.717) is 6.07 Å². The maximum absolute atomic E-state index is 12.7. The first-order valence-electron chi connectivity index (χ1n) is 6.40. The van der Waals surface area contributed by atoms with Gasteiger partial charge in [0.1, 0.15) is 5.75 Å². The quantitative estimate of drug-likeness (QED) is 0.853. The molecule has 0 amide bonds. The number of ether oxygens (including phenoxy) is 2. The highest BCUT2D eigenvalue weighted by Crippen LogP contribution is 2.31. The number of hydrogen-bond donors (Lipinski definition) is 1. The van der Waals surface area contributed by atoms with Gasteiger partial charge in [0.25, 0.3) is 0 Å². The minimum atomic E-state index is -4.60. The summed E-state index contributed by atoms with van der Waals surface area (Å²) in [5.74, 6) is -4.08. The molecule has 0 fully saturated rings. The van der Waals surface area contributed by atoms with E-state index in [4.69, 9.17) is 9.47 Å². The molecule has 0 aliphatic rings. The average molecular weight is 327 g/mol. The molecular weight excluding hydrogens is 315 g/mol. The van der Waals surface area contributed by atoms with Gasteiger partial charge in [-0.1, -0.05) is 18.2 Å². The van der Waals surface area contributed by atoms with E-state index in [1.165, 1.54) is 12.1 Å². The van der Waals surface area contributed by atoms with Crippen LogP contribution in [0.1, 0.15) is 12.5 Å². The molecule has 1 aromatic heterocycles. The monoisotopic (exact) mass is 327 g/mol. The van der Waals surface area contributed by atoms with Crippen molar-refractivity contribution in [1.82, 2.24) is 4.98 Å². The van der Waals surface area contributed by atoms with Crippen molar-refractivity contribution < 1.29 is 32.5 Å². The van der Waals surface area contributed by atoms with Crippen LogP contribution in [-0.4, -0.2) is 21.8 Å². The second-order valence-electron chi connectivity index (χ2n) is 4.65. The van der Waals surface area contributed by atoms with Crippen molar-refractivity contribution in [2.45, 2.75) is 18.9 Å². The highest BCUT2D eigenvalue weighted by atomic mass is 19.4. The zero-order chi connectivity index (χ0) is 17.1. The first-order chi connectivity index (χ1) is 10.7. The summed E-state index contributed by atoms with van der Waals surface area (Å²) in [6.07, 6.45) is -3.72. The van der Waals surface area contributed by atoms with E-state index in [-0.39, 0.29) is 5.75 Å². The van der Waals surface area contributed by atoms with E-state index < -0.39 is 29.4 Å². The smallest absolute Gasteiger partial charge is 0.416 e. The lowest BCUT2D eigenvalue weighted by atomic mass is 10.2. The molecule has 0 radical (unpaired) electrons. The van der Waals surface area contributed by atoms with Gasteiger partial charge < -0.3 is 14.6 Å². The van der Waals surface area contributed by atoms with Crippen LogP contribution >= 0.6 is 0 Å². The fraction of sp³-hybridized carbons (Fsp3) is 0.200. The molecule has 0 saturated carbocycles. The molecule has 1 aromatic carbocycles. The Morgan fingerprint density at radius 1 is 1.13 bits per heavy atom. The number of carboxylic acid groups (broad SMARTS) is 1. The number of rotatable bonds is 5. The SMILES string of the molecule is CC(Oc1ccccc1)(Oc1cc(C(F)(F)F)ccn1)C(=O)O. The Morgan fingerprint density at radius 2 is 1.78 bits per heavy atom. The molecule has 8 heteroatoms. The summed E-state index contributed by atoms with van der Waals surface area (Å²) in [7, 11) is 0. The van der Waals surface area contributed by atoms with E-state index in [2.05, 4.69) is 4.98 Å². The summed E-state index contributed by atoms with van der Waals surface area (Å²) in [6, 6.07) is 9.26. The van der Waals surface area contributed by atoms with Gasteiger partial charge in [0.15, 0.2) is 0 Å². The molecule has 1 N–H and O–H groups in total. The van der Waals surface area contributed by atoms with E-state index >= 15 is 0 Å². The molecule has 122 valence electrons. The second kappa shape index (κ2) is 6.15. The number of hydrogen-bond acceptors (Lipinski definition) is 4. The van der Waals surface area contributed by atoms with E-state index in [9.17, 15) is 23.1 Å². The number of benzene rings is 1. The number of para-hydroxylation sites is 1. The molecule has 0 spiro atoms. The Kier molecular flexibility index (Phi) is 4.44. The lowest BCUT2D eigenvalue weighted by molar-refractivity contribution is -0.181. The van der Waals surface area contributed by atoms with E-state index in [0.717, 1.165) is 19.2 Å². The average Bonchev–Trinajstić information content (AvgIpc) is 2.47. The van der Waals surface area contributed by atoms with Crippen LogP contribution in [0.15, 0.2) is 48.7 Å². The van der Waals surface area contributed by atoms with Crippen molar-refractivity contribution >= 4 is 5.97 Å². The molecule has 2 aromatic rings. The zero-order valence-corrected chi connectivity index (χ0v) is 11.9. The topological polar surface area (TPSA) is 68.7 Å². The third kappa shape index (κ3) is 4.12. The van der Waals surface area contributed by atoms with Crippen LogP contribution in [0.3, 0.4) is 0 Å². The van der Waals surface area contributed by atoms with Crippen molar-refractivity contribution in [1.29, 1.82) is 0 Å². The number of aromatic nitrogens is 1. The van der Waals surface area contributed by atoms with Crippen molar-refractivity contribution in [2.24, 2.45) is 0 Å². The van der Waals surface area contributed by atoms with Gasteiger partial charge in [-0.2, -0.15) is 13.2 Å². The fourth-order valence-electron chi connectivity index (χ4n) is 1.66. The number of pyridine rings is 1. The van der Waals surface area contributed by atoms with Crippen molar-refractivity contribution in [2.75, 3.05) is 0 Å². The summed E-state index contributed by atoms with van der Waals surface area (Å²) < 4.78 is 48.3. The van der Waals surface area contributed by atoms with Gasteiger partial charge in [-0.15, -0.1) is 0 Å². The third-order valence-corrected chi connectivity index (χ3v) is 2.81. The number of nitrogens with zero attached hydrogens (tertiary/aromatic N) is 1. The highest BCUT2D eigenvalue weighted by Gasteiger charge is 2.40. The highest BCUT2D eigenvalue weighted by molar-refractivity contribution is 5.76. The zero-order valence-electron chi connectivity index (χ0n) is 11.9. The number of halogens is 3. The fourth-order valence-corrected chi connectivity index (χ4v) is 1.66. The third-order valence-electron chi connectivity index (χ3n) is 2.81. The normalized spacial score (nSPS) is 13.9. The molecule has 0 bridgehead atoms. The molecule has 0 saturated heterocycles. The van der Waals surface area contributed by atoms with Crippen LogP contribution in [0, 0.1) is 0 Å². The minimum absolute atomic E-state index is 0.185. The van der Waals surface area contributed by atoms with Crippen LogP contribution in [0.2, 0.25) is 0 Å². The number of carboxylic acids is 1. The molecule has 1 unspecified atom stereocenters. The predicted octanol–water partition coefficient (Wildman–Crippen LogP) is 3.36. The summed E-state index contributed by atoms with van der Waals surface area (Å²) in [5.41, 5.74) is -1.00. The predicted molar refractivity (Wildman–Crippen MR) is 73.0 cm³/mol. The maximum atomic E-state index is 12.7. The van der Waals surface area contributed by atoms with Gasteiger partial charge in [0.05, 0.1) is 5.56 Å². The summed E-state index contributed by atoms with van der Waals surface area (Å²) in [4.78, 5) is 15.0. The largest absolute Gasteiger partial charge is 0.475 e. The molecule has 5 nitrogen and oxygen atoms in total. The molecule has 1 heterocycles. The molecular formula is C15H12F3NO4. The molecule has 2 rings (SSSR count). The van der Waals surface area contributed by atoms with Crippen LogP contribution in [0.5, 0.6) is 11.6 Å². The van der Waals surface area contributed by atoms with Gasteiger partial charge in [-0.25, -0.2) is 9.78 Å². The van der Waals surface area contributed by atoms with E-state index in [1.807, 2.05) is 0 Å². The maximum Gasteiger partial charge on any atom is 0.416 e. The molecule has 1 atom stereocenters. The van der Waals surface area contributed by atoms with Crippen LogP contribution in [-0.2, 0) is 11.0 Å². The minimum Gasteiger partial charge on any atom is -0.475 e. The van der Waals surface area contributed by atoms with Gasteiger partial charge in [-0.3, -0.25) is 0 Å². The standard InChI is InChI=1S/C15H12F3NO4/c1-14(13(20)21,22-11-5-3-2-4-6-11)23-12-9-10(7-8-19-12)15(16,17)18/h2-9H,1H3,(H,20,21). The Balaban J connectivity index is 2.28. The van der Waals surface area contributed by atoms with Crippen molar-refractivity contribution in [3.05, 3.63) is 54.2 Å². The second-order valence-corrected chi connectivity index (χ2v) is 4.65. The van der Waals surface area contributed by atoms with Crippen LogP contribution in [0.4, 0.5) is 13.2 Å². The van der Waals surface area contributed by atoms with Gasteiger partial charge in [0.2, 0.25) is 5.88 Å². The lowest BCUT2D eigenvalue weighted by Gasteiger charge is -2.26. The summed E-state index contributed by atoms with van der Waals surface area (Å²) in [6.45, 7) is 1.07. The van der Waals surface area contributed by atoms with E-state index in [1.54, 1.807) is 18.2 Å². The van der Waals surface area contributed by atoms with Crippen molar-refractivity contribution in [3.8, 4) is 11.6 Å². The first-order valence-corrected chi connectivity index (χ1v) is 6.40. The van der Waals surface area contributed by atoms with Gasteiger partial charge >= 0.3 is 17.9 Å². The molecule has 0 aliphatic carbocycles. The van der Waals surface area contributed by atoms with Gasteiger partial charge in [0, 0.05) is 19.2 Å². The van der Waals surface area contributed by atoms with Crippen LogP contribution in [0.25, 0.3) is 0 Å². The summed E-state index contributed by atoms with van der Waals surface area (Å²) in [5, 5.41) is 9.28. The lowest BCUT2D eigenvalue weighted by Crippen LogP contribution is -2.47.